The molecule has 0 radical (unpaired) electrons. The zero-order chi connectivity index (χ0) is 12.4. The van der Waals surface area contributed by atoms with E-state index in [4.69, 9.17) is 10.00 Å². The Balaban J connectivity index is 2.62. The zero-order valence-corrected chi connectivity index (χ0v) is 10.0. The molecule has 4 nitrogen and oxygen atoms in total. The quantitative estimate of drug-likeness (QED) is 0.857. The summed E-state index contributed by atoms with van der Waals surface area (Å²) in [7, 11) is 1.65. The van der Waals surface area contributed by atoms with Crippen LogP contribution >= 0.6 is 0 Å². The molecule has 0 aliphatic heterocycles. The van der Waals surface area contributed by atoms with Gasteiger partial charge in [-0.05, 0) is 37.1 Å². The van der Waals surface area contributed by atoms with Crippen molar-refractivity contribution < 1.29 is 4.74 Å². The van der Waals surface area contributed by atoms with Crippen LogP contribution in [0.5, 0.6) is 5.75 Å². The van der Waals surface area contributed by atoms with Crippen molar-refractivity contribution in [3.63, 3.8) is 0 Å². The van der Waals surface area contributed by atoms with Crippen molar-refractivity contribution in [1.29, 1.82) is 5.26 Å². The van der Waals surface area contributed by atoms with Gasteiger partial charge < -0.3 is 9.72 Å². The first-order valence-corrected chi connectivity index (χ1v) is 5.27. The number of nitriles is 1. The van der Waals surface area contributed by atoms with Crippen LogP contribution in [0.15, 0.2) is 18.5 Å². The summed E-state index contributed by atoms with van der Waals surface area (Å²) in [6.07, 6.45) is 1.53. The molecule has 2 aromatic rings. The van der Waals surface area contributed by atoms with Gasteiger partial charge in [-0.1, -0.05) is 0 Å². The molecule has 1 aromatic carbocycles. The first kappa shape index (κ1) is 11.2. The van der Waals surface area contributed by atoms with Crippen molar-refractivity contribution in [2.45, 2.75) is 13.8 Å². The van der Waals surface area contributed by atoms with Crippen LogP contribution in [-0.4, -0.2) is 17.1 Å². The molecule has 1 aromatic heterocycles. The third-order valence-corrected chi connectivity index (χ3v) is 2.97. The van der Waals surface area contributed by atoms with E-state index < -0.39 is 0 Å². The van der Waals surface area contributed by atoms with E-state index in [-0.39, 0.29) is 0 Å². The maximum atomic E-state index is 8.97. The van der Waals surface area contributed by atoms with Gasteiger partial charge in [-0.2, -0.15) is 5.26 Å². The molecule has 0 fully saturated rings. The van der Waals surface area contributed by atoms with Gasteiger partial charge in [0.25, 0.3) is 0 Å². The summed E-state index contributed by atoms with van der Waals surface area (Å²) in [5.74, 6) is 0.851. The Labute approximate surface area is 99.9 Å². The number of imidazole rings is 1. The number of benzene rings is 1. The lowest BCUT2D eigenvalue weighted by Gasteiger charge is -2.11. The number of hydrogen-bond donors (Lipinski definition) is 1. The van der Waals surface area contributed by atoms with E-state index in [0.29, 0.717) is 5.69 Å². The number of aromatic nitrogens is 2. The molecule has 4 heteroatoms. The molecule has 0 spiro atoms. The third-order valence-electron chi connectivity index (χ3n) is 2.97. The molecule has 0 aliphatic rings. The Morgan fingerprint density at radius 1 is 1.29 bits per heavy atom. The van der Waals surface area contributed by atoms with Gasteiger partial charge in [0, 0.05) is 5.56 Å². The largest absolute Gasteiger partial charge is 0.496 e. The average Bonchev–Trinajstić information content (AvgIpc) is 2.80. The number of rotatable bonds is 2. The van der Waals surface area contributed by atoms with Crippen LogP contribution in [-0.2, 0) is 0 Å². The van der Waals surface area contributed by atoms with Crippen molar-refractivity contribution in [3.8, 4) is 23.1 Å². The molecule has 86 valence electrons. The van der Waals surface area contributed by atoms with E-state index in [2.05, 4.69) is 16.0 Å². The van der Waals surface area contributed by atoms with Gasteiger partial charge in [0.15, 0.2) is 5.69 Å². The Morgan fingerprint density at radius 3 is 2.71 bits per heavy atom. The van der Waals surface area contributed by atoms with Crippen molar-refractivity contribution in [1.82, 2.24) is 9.97 Å². The molecule has 0 saturated heterocycles. The van der Waals surface area contributed by atoms with Gasteiger partial charge in [0.1, 0.15) is 11.8 Å². The number of nitrogens with one attached hydrogen (secondary N) is 1. The zero-order valence-electron chi connectivity index (χ0n) is 10.0. The minimum absolute atomic E-state index is 0.415. The summed E-state index contributed by atoms with van der Waals surface area (Å²) < 4.78 is 5.26. The van der Waals surface area contributed by atoms with Crippen LogP contribution < -0.4 is 4.74 Å². The Morgan fingerprint density at radius 2 is 2.06 bits per heavy atom. The molecule has 1 N–H and O–H groups in total. The van der Waals surface area contributed by atoms with E-state index in [1.165, 1.54) is 6.33 Å². The van der Waals surface area contributed by atoms with Crippen LogP contribution in [0.2, 0.25) is 0 Å². The number of aromatic amines is 1. The van der Waals surface area contributed by atoms with Gasteiger partial charge in [-0.3, -0.25) is 0 Å². The van der Waals surface area contributed by atoms with Gasteiger partial charge in [-0.25, -0.2) is 4.98 Å². The second-order valence-electron chi connectivity index (χ2n) is 3.80. The highest BCUT2D eigenvalue weighted by Crippen LogP contribution is 2.31. The molecule has 0 bridgehead atoms. The number of nitrogens with zero attached hydrogens (tertiary/aromatic N) is 2. The lowest BCUT2D eigenvalue weighted by Crippen LogP contribution is -1.94. The second kappa shape index (κ2) is 4.30. The summed E-state index contributed by atoms with van der Waals surface area (Å²) >= 11 is 0. The summed E-state index contributed by atoms with van der Waals surface area (Å²) in [5, 5.41) is 8.97. The fraction of sp³-hybridized carbons (Fsp3) is 0.231. The second-order valence-corrected chi connectivity index (χ2v) is 3.80. The molecule has 1 heterocycles. The number of hydrogen-bond acceptors (Lipinski definition) is 3. The van der Waals surface area contributed by atoms with E-state index in [1.807, 2.05) is 26.0 Å². The normalized spacial score (nSPS) is 10.0. The van der Waals surface area contributed by atoms with Gasteiger partial charge >= 0.3 is 0 Å². The smallest absolute Gasteiger partial charge is 0.166 e. The maximum absolute atomic E-state index is 8.97. The fourth-order valence-electron chi connectivity index (χ4n) is 1.87. The number of methoxy groups -OCH3 is 1. The van der Waals surface area contributed by atoms with E-state index >= 15 is 0 Å². The molecular formula is C13H13N3O. The highest BCUT2D eigenvalue weighted by atomic mass is 16.5. The lowest BCUT2D eigenvalue weighted by atomic mass is 9.99. The predicted molar refractivity (Wildman–Crippen MR) is 64.8 cm³/mol. The first-order chi connectivity index (χ1) is 8.19. The van der Waals surface area contributed by atoms with E-state index in [1.54, 1.807) is 7.11 Å². The molecule has 0 amide bonds. The SMILES string of the molecule is COc1ccc(-c2[nH]cnc2C#N)c(C)c1C. The summed E-state index contributed by atoms with van der Waals surface area (Å²) in [6.45, 7) is 4.01. The number of H-pyrrole nitrogens is 1. The predicted octanol–water partition coefficient (Wildman–Crippen LogP) is 2.57. The highest BCUT2D eigenvalue weighted by molar-refractivity contribution is 5.70. The van der Waals surface area contributed by atoms with Crippen molar-refractivity contribution >= 4 is 0 Å². The minimum Gasteiger partial charge on any atom is -0.496 e. The van der Waals surface area contributed by atoms with Crippen LogP contribution in [0, 0.1) is 25.2 Å². The Kier molecular flexibility index (Phi) is 2.84. The maximum Gasteiger partial charge on any atom is 0.166 e. The first-order valence-electron chi connectivity index (χ1n) is 5.27. The molecule has 0 atom stereocenters. The monoisotopic (exact) mass is 227 g/mol. The highest BCUT2D eigenvalue weighted by Gasteiger charge is 2.13. The van der Waals surface area contributed by atoms with Crippen LogP contribution in [0.25, 0.3) is 11.3 Å². The molecular weight excluding hydrogens is 214 g/mol. The molecule has 2 rings (SSSR count). The van der Waals surface area contributed by atoms with Gasteiger partial charge in [-0.15, -0.1) is 0 Å². The number of ether oxygens (including phenoxy) is 1. The van der Waals surface area contributed by atoms with Crippen LogP contribution in [0.3, 0.4) is 0 Å². The standard InChI is InChI=1S/C13H13N3O/c1-8-9(2)12(17-3)5-4-10(8)13-11(6-14)15-7-16-13/h4-5,7H,1-3H3,(H,15,16). The average molecular weight is 227 g/mol. The summed E-state index contributed by atoms with van der Waals surface area (Å²) in [5.41, 5.74) is 4.32. The summed E-state index contributed by atoms with van der Waals surface area (Å²) in [6, 6.07) is 5.92. The van der Waals surface area contributed by atoms with Crippen molar-refractivity contribution in [3.05, 3.63) is 35.3 Å². The Bertz CT molecular complexity index is 593. The minimum atomic E-state index is 0.415. The van der Waals surface area contributed by atoms with Gasteiger partial charge in [0.2, 0.25) is 0 Å². The van der Waals surface area contributed by atoms with E-state index in [0.717, 1.165) is 28.1 Å². The van der Waals surface area contributed by atoms with Crippen molar-refractivity contribution in [2.24, 2.45) is 0 Å². The third kappa shape index (κ3) is 1.76. The molecule has 0 aliphatic carbocycles. The lowest BCUT2D eigenvalue weighted by molar-refractivity contribution is 0.411. The van der Waals surface area contributed by atoms with Crippen LogP contribution in [0.1, 0.15) is 16.8 Å². The van der Waals surface area contributed by atoms with Crippen LogP contribution in [0.4, 0.5) is 0 Å². The summed E-state index contributed by atoms with van der Waals surface area (Å²) in [4.78, 5) is 6.98. The molecule has 17 heavy (non-hydrogen) atoms. The van der Waals surface area contributed by atoms with E-state index in [9.17, 15) is 0 Å². The van der Waals surface area contributed by atoms with Gasteiger partial charge in [0.05, 0.1) is 19.1 Å². The Hall–Kier alpha value is -2.28. The molecule has 0 unspecified atom stereocenters. The molecule has 0 saturated carbocycles. The van der Waals surface area contributed by atoms with Crippen molar-refractivity contribution in [2.75, 3.05) is 7.11 Å². The fourth-order valence-corrected chi connectivity index (χ4v) is 1.87. The topological polar surface area (TPSA) is 61.7 Å².